The predicted octanol–water partition coefficient (Wildman–Crippen LogP) is 3.32. The first-order chi connectivity index (χ1) is 16.6. The summed E-state index contributed by atoms with van der Waals surface area (Å²) < 4.78 is 12.8. The van der Waals surface area contributed by atoms with Crippen LogP contribution in [-0.4, -0.2) is 59.5 Å². The number of ether oxygens (including phenoxy) is 2. The smallest absolute Gasteiger partial charge is 0.319 e. The van der Waals surface area contributed by atoms with Crippen LogP contribution < -0.4 is 10.6 Å². The van der Waals surface area contributed by atoms with Crippen LogP contribution in [0.4, 0.5) is 10.5 Å². The lowest BCUT2D eigenvalue weighted by Crippen LogP contribution is -2.42. The number of aliphatic hydroxyl groups is 2. The highest BCUT2D eigenvalue weighted by molar-refractivity contribution is 5.89. The number of urea groups is 1. The lowest BCUT2D eigenvalue weighted by Gasteiger charge is -2.38. The van der Waals surface area contributed by atoms with Crippen molar-refractivity contribution >= 4 is 11.7 Å². The molecule has 2 aromatic rings. The zero-order valence-corrected chi connectivity index (χ0v) is 19.7. The highest BCUT2D eigenvalue weighted by Gasteiger charge is 2.35. The molecule has 2 saturated heterocycles. The molecule has 0 saturated carbocycles. The molecule has 4 atom stereocenters. The Balaban J connectivity index is 1.50. The molecule has 2 aromatic carbocycles. The van der Waals surface area contributed by atoms with Gasteiger partial charge in [0, 0.05) is 36.8 Å². The molecule has 0 aromatic heterocycles. The monoisotopic (exact) mass is 469 g/mol. The molecule has 8 nitrogen and oxygen atoms in total. The molecule has 2 heterocycles. The highest BCUT2D eigenvalue weighted by atomic mass is 16.7. The van der Waals surface area contributed by atoms with Gasteiger partial charge in [0.25, 0.3) is 0 Å². The molecule has 4 unspecified atom stereocenters. The number of nitrogens with zero attached hydrogens (tertiary/aromatic N) is 1. The van der Waals surface area contributed by atoms with Crippen LogP contribution in [0.1, 0.15) is 55.3 Å². The van der Waals surface area contributed by atoms with Gasteiger partial charge in [0.05, 0.1) is 25.4 Å². The van der Waals surface area contributed by atoms with E-state index in [9.17, 15) is 15.0 Å². The van der Waals surface area contributed by atoms with Crippen LogP contribution >= 0.6 is 0 Å². The van der Waals surface area contributed by atoms with Crippen LogP contribution in [0.5, 0.6) is 0 Å². The van der Waals surface area contributed by atoms with E-state index in [4.69, 9.17) is 9.47 Å². The molecule has 0 aliphatic carbocycles. The fourth-order valence-electron chi connectivity index (χ4n) is 4.70. The molecule has 2 amide bonds. The van der Waals surface area contributed by atoms with Gasteiger partial charge in [-0.1, -0.05) is 36.4 Å². The fourth-order valence-corrected chi connectivity index (χ4v) is 4.70. The Labute approximate surface area is 200 Å². The van der Waals surface area contributed by atoms with Crippen molar-refractivity contribution in [2.24, 2.45) is 0 Å². The molecule has 0 radical (unpaired) electrons. The standard InChI is InChI=1S/C26H35N3O5/c1-2-27-26(32)28-21-11-9-20(10-12-21)25-33-23(15-29-13-3-4-22(29)17-31)14-24(34-25)19-7-5-18(16-30)6-8-19/h5-12,22-25,30-31H,2-4,13-17H2,1H3,(H2,27,28,32). The van der Waals surface area contributed by atoms with Crippen LogP contribution in [0.3, 0.4) is 0 Å². The topological polar surface area (TPSA) is 103 Å². The molecule has 0 bridgehead atoms. The zero-order valence-electron chi connectivity index (χ0n) is 19.7. The van der Waals surface area contributed by atoms with Gasteiger partial charge < -0.3 is 30.3 Å². The van der Waals surface area contributed by atoms with Crippen molar-refractivity contribution in [2.45, 2.75) is 57.3 Å². The average molecular weight is 470 g/mol. The van der Waals surface area contributed by atoms with Gasteiger partial charge in [-0.15, -0.1) is 0 Å². The highest BCUT2D eigenvalue weighted by Crippen LogP contribution is 2.38. The summed E-state index contributed by atoms with van der Waals surface area (Å²) in [6.45, 7) is 4.31. The number of anilines is 1. The molecule has 184 valence electrons. The Morgan fingerprint density at radius 2 is 1.79 bits per heavy atom. The second-order valence-corrected chi connectivity index (χ2v) is 8.93. The number of nitrogens with one attached hydrogen (secondary N) is 2. The molecule has 2 aliphatic heterocycles. The van der Waals surface area contributed by atoms with Gasteiger partial charge in [-0.2, -0.15) is 0 Å². The summed E-state index contributed by atoms with van der Waals surface area (Å²) in [4.78, 5) is 14.1. The number of benzene rings is 2. The first-order valence-electron chi connectivity index (χ1n) is 12.1. The van der Waals surface area contributed by atoms with Crippen molar-refractivity contribution in [3.05, 3.63) is 65.2 Å². The lowest BCUT2D eigenvalue weighted by molar-refractivity contribution is -0.253. The molecule has 4 N–H and O–H groups in total. The largest absolute Gasteiger partial charge is 0.395 e. The average Bonchev–Trinajstić information content (AvgIpc) is 3.31. The first kappa shape index (κ1) is 24.6. The summed E-state index contributed by atoms with van der Waals surface area (Å²) >= 11 is 0. The number of hydrogen-bond acceptors (Lipinski definition) is 6. The third-order valence-corrected chi connectivity index (χ3v) is 6.54. The molecule has 0 spiro atoms. The third-order valence-electron chi connectivity index (χ3n) is 6.54. The van der Waals surface area contributed by atoms with Crippen LogP contribution in [-0.2, 0) is 16.1 Å². The van der Waals surface area contributed by atoms with Gasteiger partial charge in [0.15, 0.2) is 6.29 Å². The van der Waals surface area contributed by atoms with Crippen LogP contribution in [0.15, 0.2) is 48.5 Å². The van der Waals surface area contributed by atoms with E-state index in [-0.39, 0.29) is 37.5 Å². The maximum absolute atomic E-state index is 11.8. The van der Waals surface area contributed by atoms with E-state index < -0.39 is 6.29 Å². The predicted molar refractivity (Wildman–Crippen MR) is 129 cm³/mol. The molecule has 8 heteroatoms. The zero-order chi connectivity index (χ0) is 23.9. The van der Waals surface area contributed by atoms with Gasteiger partial charge in [-0.05, 0) is 49.6 Å². The lowest BCUT2D eigenvalue weighted by atomic mass is 9.99. The maximum Gasteiger partial charge on any atom is 0.319 e. The summed E-state index contributed by atoms with van der Waals surface area (Å²) in [6, 6.07) is 15.3. The van der Waals surface area contributed by atoms with Gasteiger partial charge in [-0.25, -0.2) is 4.79 Å². The number of carbonyl (C=O) groups excluding carboxylic acids is 1. The minimum atomic E-state index is -0.546. The Hall–Kier alpha value is -2.49. The number of likely N-dealkylation sites (tertiary alicyclic amines) is 1. The second kappa shape index (κ2) is 11.8. The number of rotatable bonds is 8. The van der Waals surface area contributed by atoms with Gasteiger partial charge in [-0.3, -0.25) is 4.90 Å². The second-order valence-electron chi connectivity index (χ2n) is 8.93. The van der Waals surface area contributed by atoms with E-state index in [0.29, 0.717) is 18.7 Å². The minimum Gasteiger partial charge on any atom is -0.395 e. The van der Waals surface area contributed by atoms with E-state index in [1.165, 1.54) is 0 Å². The molecular formula is C26H35N3O5. The van der Waals surface area contributed by atoms with Gasteiger partial charge >= 0.3 is 6.03 Å². The van der Waals surface area contributed by atoms with Gasteiger partial charge in [0.1, 0.15) is 0 Å². The van der Waals surface area contributed by atoms with Crippen LogP contribution in [0.2, 0.25) is 0 Å². The Morgan fingerprint density at radius 3 is 2.47 bits per heavy atom. The number of carbonyl (C=O) groups is 1. The normalized spacial score (nSPS) is 25.3. The number of amides is 2. The quantitative estimate of drug-likeness (QED) is 0.473. The third kappa shape index (κ3) is 6.14. The fraction of sp³-hybridized carbons (Fsp3) is 0.500. The van der Waals surface area contributed by atoms with E-state index in [2.05, 4.69) is 15.5 Å². The molecule has 2 fully saturated rings. The van der Waals surface area contributed by atoms with Crippen molar-refractivity contribution in [2.75, 3.05) is 31.6 Å². The SMILES string of the molecule is CCNC(=O)Nc1ccc(C2OC(CN3CCCC3CO)CC(c3ccc(CO)cc3)O2)cc1. The van der Waals surface area contributed by atoms with Crippen molar-refractivity contribution < 1.29 is 24.5 Å². The number of aliphatic hydroxyl groups excluding tert-OH is 2. The summed E-state index contributed by atoms with van der Waals surface area (Å²) in [5.41, 5.74) is 3.48. The van der Waals surface area contributed by atoms with E-state index in [0.717, 1.165) is 42.6 Å². The van der Waals surface area contributed by atoms with Crippen molar-refractivity contribution in [3.8, 4) is 0 Å². The van der Waals surface area contributed by atoms with Gasteiger partial charge in [0.2, 0.25) is 0 Å². The van der Waals surface area contributed by atoms with Crippen molar-refractivity contribution in [1.29, 1.82) is 0 Å². The van der Waals surface area contributed by atoms with E-state index in [1.807, 2.05) is 55.5 Å². The minimum absolute atomic E-state index is 0.00827. The Kier molecular flexibility index (Phi) is 8.53. The first-order valence-corrected chi connectivity index (χ1v) is 12.1. The molecular weight excluding hydrogens is 434 g/mol. The summed E-state index contributed by atoms with van der Waals surface area (Å²) in [6.07, 6.45) is 2.05. The summed E-state index contributed by atoms with van der Waals surface area (Å²) in [7, 11) is 0. The van der Waals surface area contributed by atoms with Crippen LogP contribution in [0.25, 0.3) is 0 Å². The van der Waals surface area contributed by atoms with E-state index >= 15 is 0 Å². The number of hydrogen-bond donors (Lipinski definition) is 4. The molecule has 2 aliphatic rings. The molecule has 34 heavy (non-hydrogen) atoms. The van der Waals surface area contributed by atoms with Crippen LogP contribution in [0, 0.1) is 0 Å². The summed E-state index contributed by atoms with van der Waals surface area (Å²) in [5.74, 6) is 0. The van der Waals surface area contributed by atoms with Crippen molar-refractivity contribution in [1.82, 2.24) is 10.2 Å². The summed E-state index contributed by atoms with van der Waals surface area (Å²) in [5, 5.41) is 24.6. The Bertz CT molecular complexity index is 921. The Morgan fingerprint density at radius 1 is 1.06 bits per heavy atom. The molecule has 4 rings (SSSR count). The van der Waals surface area contributed by atoms with E-state index in [1.54, 1.807) is 0 Å². The maximum atomic E-state index is 11.8. The van der Waals surface area contributed by atoms with Crippen molar-refractivity contribution in [3.63, 3.8) is 0 Å².